The van der Waals surface area contributed by atoms with E-state index in [0.717, 1.165) is 9.80 Å². The van der Waals surface area contributed by atoms with Gasteiger partial charge in [0.2, 0.25) is 0 Å². The van der Waals surface area contributed by atoms with E-state index in [1.165, 1.54) is 24.8 Å². The molecule has 1 aromatic carbocycles. The summed E-state index contributed by atoms with van der Waals surface area (Å²) in [6.07, 6.45) is 3.87. The molecule has 0 N–H and O–H groups in total. The van der Waals surface area contributed by atoms with Gasteiger partial charge < -0.3 is 0 Å². The number of benzene rings is 1. The molecule has 1 rings (SSSR count). The number of hydrogen-bond donors (Lipinski definition) is 0. The molecule has 1 aromatic rings. The van der Waals surface area contributed by atoms with Gasteiger partial charge in [-0.25, -0.2) is 0 Å². The minimum atomic E-state index is 0.669. The molecule has 14 heavy (non-hydrogen) atoms. The van der Waals surface area contributed by atoms with Crippen molar-refractivity contribution < 1.29 is 0 Å². The Morgan fingerprint density at radius 3 is 2.36 bits per heavy atom. The third-order valence-corrected chi connectivity index (χ3v) is 3.74. The molecule has 0 radical (unpaired) electrons. The van der Waals surface area contributed by atoms with Gasteiger partial charge in [-0.1, -0.05) is 63.8 Å². The molecule has 0 fully saturated rings. The average molecular weight is 320 g/mol. The van der Waals surface area contributed by atoms with Crippen molar-refractivity contribution in [2.45, 2.75) is 32.1 Å². The van der Waals surface area contributed by atoms with E-state index in [1.54, 1.807) is 0 Å². The van der Waals surface area contributed by atoms with Gasteiger partial charge in [-0.05, 0) is 30.0 Å². The van der Waals surface area contributed by atoms with E-state index in [1.807, 2.05) is 0 Å². The van der Waals surface area contributed by atoms with E-state index in [-0.39, 0.29) is 0 Å². The van der Waals surface area contributed by atoms with E-state index >= 15 is 0 Å². The molecule has 0 spiro atoms. The highest BCUT2D eigenvalue weighted by Gasteiger charge is 2.08. The smallest absolute Gasteiger partial charge is 0.0175 e. The Morgan fingerprint density at radius 1 is 1.21 bits per heavy atom. The minimum Gasteiger partial charge on any atom is -0.0921 e. The normalized spacial score (nSPS) is 12.8. The molecule has 0 heterocycles. The molecule has 0 aliphatic rings. The molecule has 0 nitrogen and oxygen atoms in total. The first-order valence-corrected chi connectivity index (χ1v) is 7.00. The van der Waals surface area contributed by atoms with E-state index in [9.17, 15) is 0 Å². The van der Waals surface area contributed by atoms with Crippen LogP contribution in [0.4, 0.5) is 0 Å². The predicted molar refractivity (Wildman–Crippen MR) is 70.2 cm³/mol. The summed E-state index contributed by atoms with van der Waals surface area (Å²) in [5, 5.41) is 1.06. The molecule has 0 bridgehead atoms. The Bertz CT molecular complexity index is 254. The standard InChI is InChI=1S/C12H16Br2/c1-2-3-4-11(9-13)10-5-7-12(14)8-6-10/h5-8,11H,2-4,9H2,1H3. The molecule has 0 saturated carbocycles. The lowest BCUT2D eigenvalue weighted by atomic mass is 9.96. The van der Waals surface area contributed by atoms with Crippen molar-refractivity contribution in [3.63, 3.8) is 0 Å². The molecule has 0 aromatic heterocycles. The maximum absolute atomic E-state index is 3.59. The summed E-state index contributed by atoms with van der Waals surface area (Å²) in [6, 6.07) is 8.67. The molecule has 0 saturated heterocycles. The highest BCUT2D eigenvalue weighted by molar-refractivity contribution is 9.10. The van der Waals surface area contributed by atoms with Crippen LogP contribution in [0.5, 0.6) is 0 Å². The van der Waals surface area contributed by atoms with E-state index < -0.39 is 0 Å². The Hall–Kier alpha value is 0.180. The Labute approximate surface area is 103 Å². The van der Waals surface area contributed by atoms with Gasteiger partial charge in [0.25, 0.3) is 0 Å². The van der Waals surface area contributed by atoms with Crippen LogP contribution in [0.25, 0.3) is 0 Å². The lowest BCUT2D eigenvalue weighted by molar-refractivity contribution is 0.633. The number of halogens is 2. The molecule has 78 valence electrons. The monoisotopic (exact) mass is 318 g/mol. The summed E-state index contributed by atoms with van der Waals surface area (Å²) >= 11 is 7.05. The summed E-state index contributed by atoms with van der Waals surface area (Å²) in [6.45, 7) is 2.24. The summed E-state index contributed by atoms with van der Waals surface area (Å²) < 4.78 is 1.16. The zero-order valence-corrected chi connectivity index (χ0v) is 11.6. The second kappa shape index (κ2) is 6.62. The van der Waals surface area contributed by atoms with Crippen LogP contribution in [0, 0.1) is 0 Å². The molecular formula is C12H16Br2. The first kappa shape index (κ1) is 12.3. The summed E-state index contributed by atoms with van der Waals surface area (Å²) in [5.41, 5.74) is 1.44. The zero-order valence-electron chi connectivity index (χ0n) is 8.47. The average Bonchev–Trinajstić information content (AvgIpc) is 2.21. The fraction of sp³-hybridized carbons (Fsp3) is 0.500. The maximum Gasteiger partial charge on any atom is 0.0175 e. The van der Waals surface area contributed by atoms with Crippen LogP contribution in [0.3, 0.4) is 0 Å². The molecule has 0 amide bonds. The molecule has 1 atom stereocenters. The fourth-order valence-electron chi connectivity index (χ4n) is 1.52. The van der Waals surface area contributed by atoms with Crippen molar-refractivity contribution in [3.8, 4) is 0 Å². The third-order valence-electron chi connectivity index (χ3n) is 2.43. The molecule has 1 unspecified atom stereocenters. The molecule has 0 aliphatic carbocycles. The van der Waals surface area contributed by atoms with Crippen molar-refractivity contribution in [2.24, 2.45) is 0 Å². The molecule has 0 aliphatic heterocycles. The van der Waals surface area contributed by atoms with E-state index in [0.29, 0.717) is 5.92 Å². The van der Waals surface area contributed by atoms with Crippen LogP contribution in [0.15, 0.2) is 28.7 Å². The van der Waals surface area contributed by atoms with E-state index in [2.05, 4.69) is 63.0 Å². The van der Waals surface area contributed by atoms with Gasteiger partial charge in [0.1, 0.15) is 0 Å². The maximum atomic E-state index is 3.59. The van der Waals surface area contributed by atoms with Crippen molar-refractivity contribution in [3.05, 3.63) is 34.3 Å². The van der Waals surface area contributed by atoms with Gasteiger partial charge in [0, 0.05) is 9.80 Å². The van der Waals surface area contributed by atoms with Crippen molar-refractivity contribution >= 4 is 31.9 Å². The number of hydrogen-bond acceptors (Lipinski definition) is 0. The van der Waals surface area contributed by atoms with Crippen LogP contribution >= 0.6 is 31.9 Å². The number of unbranched alkanes of at least 4 members (excludes halogenated alkanes) is 1. The Balaban J connectivity index is 2.64. The largest absolute Gasteiger partial charge is 0.0921 e. The van der Waals surface area contributed by atoms with Gasteiger partial charge >= 0.3 is 0 Å². The summed E-state index contributed by atoms with van der Waals surface area (Å²) in [7, 11) is 0. The van der Waals surface area contributed by atoms with Gasteiger partial charge in [-0.2, -0.15) is 0 Å². The lowest BCUT2D eigenvalue weighted by Gasteiger charge is -2.13. The number of rotatable bonds is 5. The highest BCUT2D eigenvalue weighted by Crippen LogP contribution is 2.25. The first-order valence-electron chi connectivity index (χ1n) is 5.09. The van der Waals surface area contributed by atoms with E-state index in [4.69, 9.17) is 0 Å². The van der Waals surface area contributed by atoms with Crippen LogP contribution in [-0.4, -0.2) is 5.33 Å². The van der Waals surface area contributed by atoms with Gasteiger partial charge in [0.05, 0.1) is 0 Å². The van der Waals surface area contributed by atoms with Crippen molar-refractivity contribution in [2.75, 3.05) is 5.33 Å². The summed E-state index contributed by atoms with van der Waals surface area (Å²) in [5.74, 6) is 0.669. The van der Waals surface area contributed by atoms with Gasteiger partial charge in [0.15, 0.2) is 0 Å². The first-order chi connectivity index (χ1) is 6.77. The second-order valence-electron chi connectivity index (χ2n) is 3.55. The van der Waals surface area contributed by atoms with Crippen LogP contribution in [-0.2, 0) is 0 Å². The fourth-order valence-corrected chi connectivity index (χ4v) is 2.48. The molecule has 2 heteroatoms. The van der Waals surface area contributed by atoms with Crippen LogP contribution in [0.2, 0.25) is 0 Å². The highest BCUT2D eigenvalue weighted by atomic mass is 79.9. The van der Waals surface area contributed by atoms with Crippen molar-refractivity contribution in [1.82, 2.24) is 0 Å². The zero-order chi connectivity index (χ0) is 10.4. The number of alkyl halides is 1. The minimum absolute atomic E-state index is 0.669. The van der Waals surface area contributed by atoms with Crippen LogP contribution < -0.4 is 0 Å². The quantitative estimate of drug-likeness (QED) is 0.661. The van der Waals surface area contributed by atoms with Gasteiger partial charge in [-0.3, -0.25) is 0 Å². The Kier molecular flexibility index (Phi) is 5.80. The lowest BCUT2D eigenvalue weighted by Crippen LogP contribution is -1.99. The van der Waals surface area contributed by atoms with Crippen molar-refractivity contribution in [1.29, 1.82) is 0 Å². The molecular weight excluding hydrogens is 304 g/mol. The third kappa shape index (κ3) is 3.74. The predicted octanol–water partition coefficient (Wildman–Crippen LogP) is 5.12. The van der Waals surface area contributed by atoms with Gasteiger partial charge in [-0.15, -0.1) is 0 Å². The summed E-state index contributed by atoms with van der Waals surface area (Å²) in [4.78, 5) is 0. The van der Waals surface area contributed by atoms with Crippen LogP contribution in [0.1, 0.15) is 37.7 Å². The second-order valence-corrected chi connectivity index (χ2v) is 5.11. The topological polar surface area (TPSA) is 0 Å². The SMILES string of the molecule is CCCCC(CBr)c1ccc(Br)cc1. The Morgan fingerprint density at radius 2 is 1.86 bits per heavy atom.